The Kier molecular flexibility index (Phi) is 19.9. The molecule has 4 rings (SSSR count). The summed E-state index contributed by atoms with van der Waals surface area (Å²) in [5, 5.41) is 0. The maximum Gasteiger partial charge on any atom is 0.673 e. The summed E-state index contributed by atoms with van der Waals surface area (Å²) < 4.78 is 50.3. The molecular formula is C34H38AgBF4N2O2-. The first-order chi connectivity index (χ1) is 20.8. The molecule has 1 radical (unpaired) electrons. The molecule has 0 atom stereocenters. The third kappa shape index (κ3) is 19.5. The van der Waals surface area contributed by atoms with Crippen LogP contribution in [-0.2, 0) is 22.4 Å². The molecule has 0 fully saturated rings. The van der Waals surface area contributed by atoms with E-state index in [0.717, 1.165) is 61.5 Å². The van der Waals surface area contributed by atoms with Crippen molar-refractivity contribution in [1.29, 1.82) is 0 Å². The molecule has 4 nitrogen and oxygen atoms in total. The summed E-state index contributed by atoms with van der Waals surface area (Å²) in [7, 11) is -6.00. The Morgan fingerprint density at radius 3 is 1.07 bits per heavy atom. The summed E-state index contributed by atoms with van der Waals surface area (Å²) >= 11 is 0. The van der Waals surface area contributed by atoms with Crippen molar-refractivity contribution in [2.75, 3.05) is 13.2 Å². The molecule has 0 amide bonds. The Morgan fingerprint density at radius 2 is 0.795 bits per heavy atom. The number of hydrogen-bond donors (Lipinski definition) is 0. The fraction of sp³-hybridized carbons (Fsp3) is 0.235. The van der Waals surface area contributed by atoms with Crippen LogP contribution in [0.2, 0.25) is 0 Å². The molecule has 2 heterocycles. The number of aromatic nitrogens is 2. The number of nitrogens with zero attached hydrogens (tertiary/aromatic N) is 2. The quantitative estimate of drug-likeness (QED) is 0.0838. The second-order valence-electron chi connectivity index (χ2n) is 9.26. The molecule has 44 heavy (non-hydrogen) atoms. The minimum atomic E-state index is -6.00. The van der Waals surface area contributed by atoms with Gasteiger partial charge in [-0.15, -0.1) is 0 Å². The maximum absolute atomic E-state index is 9.75. The number of ether oxygens (including phenoxy) is 2. The summed E-state index contributed by atoms with van der Waals surface area (Å²) in [6.07, 6.45) is 20.0. The van der Waals surface area contributed by atoms with Gasteiger partial charge in [-0.05, 0) is 83.6 Å². The van der Waals surface area contributed by atoms with E-state index in [0.29, 0.717) is 0 Å². The zero-order chi connectivity index (χ0) is 31.2. The van der Waals surface area contributed by atoms with Gasteiger partial charge in [-0.2, -0.15) is 0 Å². The Hall–Kier alpha value is -3.65. The van der Waals surface area contributed by atoms with E-state index in [1.54, 1.807) is 24.8 Å². The topological polar surface area (TPSA) is 44.2 Å². The van der Waals surface area contributed by atoms with Crippen molar-refractivity contribution in [1.82, 2.24) is 9.97 Å². The van der Waals surface area contributed by atoms with Crippen LogP contribution in [0.25, 0.3) is 24.3 Å². The van der Waals surface area contributed by atoms with Crippen molar-refractivity contribution in [2.45, 2.75) is 39.5 Å². The average Bonchev–Trinajstić information content (AvgIpc) is 3.01. The van der Waals surface area contributed by atoms with Crippen LogP contribution in [0, 0.1) is 0 Å². The first-order valence-corrected chi connectivity index (χ1v) is 14.3. The van der Waals surface area contributed by atoms with E-state index in [1.165, 1.54) is 11.1 Å². The van der Waals surface area contributed by atoms with Crippen LogP contribution in [0.1, 0.15) is 61.8 Å². The van der Waals surface area contributed by atoms with E-state index < -0.39 is 7.25 Å². The molecule has 0 unspecified atom stereocenters. The first-order valence-electron chi connectivity index (χ1n) is 14.3. The van der Waals surface area contributed by atoms with Crippen LogP contribution in [0.15, 0.2) is 97.6 Å². The second kappa shape index (κ2) is 22.8. The van der Waals surface area contributed by atoms with Gasteiger partial charge in [0.2, 0.25) is 0 Å². The molecule has 0 N–H and O–H groups in total. The van der Waals surface area contributed by atoms with Crippen molar-refractivity contribution in [3.8, 4) is 11.5 Å². The molecule has 0 spiro atoms. The molecule has 0 saturated carbocycles. The number of pyridine rings is 2. The predicted octanol–water partition coefficient (Wildman–Crippen LogP) is 10.2. The van der Waals surface area contributed by atoms with Crippen LogP contribution in [0.3, 0.4) is 0 Å². The van der Waals surface area contributed by atoms with Crippen molar-refractivity contribution in [3.05, 3.63) is 120 Å². The molecule has 0 saturated heterocycles. The minimum absolute atomic E-state index is 0. The van der Waals surface area contributed by atoms with Crippen molar-refractivity contribution < 1.29 is 49.1 Å². The zero-order valence-corrected chi connectivity index (χ0v) is 26.4. The molecule has 2 aromatic heterocycles. The fourth-order valence-electron chi connectivity index (χ4n) is 3.35. The molecule has 2 aromatic carbocycles. The molecule has 4 aromatic rings. The van der Waals surface area contributed by atoms with E-state index in [4.69, 9.17) is 9.47 Å². The summed E-state index contributed by atoms with van der Waals surface area (Å²) in [5.41, 5.74) is 4.64. The van der Waals surface area contributed by atoms with Crippen LogP contribution < -0.4 is 9.47 Å². The van der Waals surface area contributed by atoms with Gasteiger partial charge in [-0.25, -0.2) is 0 Å². The summed E-state index contributed by atoms with van der Waals surface area (Å²) in [5.74, 6) is 1.88. The molecular weight excluding hydrogens is 663 g/mol. The number of halogens is 4. The Bertz CT molecular complexity index is 1220. The van der Waals surface area contributed by atoms with Gasteiger partial charge in [0, 0.05) is 47.2 Å². The third-order valence-corrected chi connectivity index (χ3v) is 5.64. The monoisotopic (exact) mass is 700 g/mol. The van der Waals surface area contributed by atoms with Crippen molar-refractivity contribution >= 4 is 31.6 Å². The Morgan fingerprint density at radius 1 is 0.523 bits per heavy atom. The standard InChI is InChI=1S/2C17H19NO.Ag.BF4/c2*1-2-3-14-19-17-8-6-15(7-9-17)4-5-16-10-12-18-13-11-16;;2-1(3,4)5/h2*4-13H,2-3,14H2,1H3;;/q;;;-1. The van der Waals surface area contributed by atoms with Crippen LogP contribution in [0.5, 0.6) is 11.5 Å². The van der Waals surface area contributed by atoms with E-state index >= 15 is 0 Å². The predicted molar refractivity (Wildman–Crippen MR) is 170 cm³/mol. The van der Waals surface area contributed by atoms with Crippen molar-refractivity contribution in [3.63, 3.8) is 0 Å². The smallest absolute Gasteiger partial charge is 0.494 e. The van der Waals surface area contributed by atoms with E-state index in [9.17, 15) is 17.3 Å². The number of rotatable bonds is 12. The van der Waals surface area contributed by atoms with Crippen LogP contribution >= 0.6 is 0 Å². The molecule has 10 heteroatoms. The third-order valence-electron chi connectivity index (χ3n) is 5.64. The average molecular weight is 701 g/mol. The van der Waals surface area contributed by atoms with Gasteiger partial charge < -0.3 is 26.7 Å². The summed E-state index contributed by atoms with van der Waals surface area (Å²) in [6.45, 7) is 5.91. The zero-order valence-electron chi connectivity index (χ0n) is 24.9. The summed E-state index contributed by atoms with van der Waals surface area (Å²) in [4.78, 5) is 7.99. The molecule has 239 valence electrons. The fourth-order valence-corrected chi connectivity index (χ4v) is 3.35. The van der Waals surface area contributed by atoms with E-state index in [1.807, 2.05) is 48.5 Å². The van der Waals surface area contributed by atoms with Gasteiger partial charge in [0.05, 0.1) is 13.2 Å². The largest absolute Gasteiger partial charge is 0.673 e. The second-order valence-corrected chi connectivity index (χ2v) is 9.26. The molecule has 0 aliphatic carbocycles. The minimum Gasteiger partial charge on any atom is -0.494 e. The molecule has 0 aliphatic heterocycles. The SMILES string of the molecule is CCCCOc1ccc(C=Cc2ccncc2)cc1.CCCCOc1ccc(C=Cc2ccncc2)cc1.F[B-](F)(F)F.[Ag]. The van der Waals surface area contributed by atoms with Gasteiger partial charge in [0.15, 0.2) is 0 Å². The molecule has 0 aliphatic rings. The Labute approximate surface area is 273 Å². The van der Waals surface area contributed by atoms with Gasteiger partial charge in [-0.1, -0.05) is 75.3 Å². The number of unbranched alkanes of at least 4 members (excludes halogenated alkanes) is 2. The number of hydrogen-bond acceptors (Lipinski definition) is 4. The van der Waals surface area contributed by atoms with Gasteiger partial charge >= 0.3 is 7.25 Å². The maximum atomic E-state index is 9.75. The van der Waals surface area contributed by atoms with E-state index in [-0.39, 0.29) is 22.4 Å². The van der Waals surface area contributed by atoms with Crippen molar-refractivity contribution in [2.24, 2.45) is 0 Å². The Balaban J connectivity index is 0.000000375. The van der Waals surface area contributed by atoms with Gasteiger partial charge in [0.1, 0.15) is 11.5 Å². The first kappa shape index (κ1) is 38.4. The van der Waals surface area contributed by atoms with E-state index in [2.05, 4.69) is 72.4 Å². The van der Waals surface area contributed by atoms with Gasteiger partial charge in [-0.3, -0.25) is 9.97 Å². The number of benzene rings is 2. The van der Waals surface area contributed by atoms with Gasteiger partial charge in [0.25, 0.3) is 0 Å². The molecule has 0 bridgehead atoms. The summed E-state index contributed by atoms with van der Waals surface area (Å²) in [6, 6.07) is 24.3. The van der Waals surface area contributed by atoms with Crippen LogP contribution in [0.4, 0.5) is 17.3 Å². The van der Waals surface area contributed by atoms with Crippen LogP contribution in [-0.4, -0.2) is 30.4 Å². The normalized spacial score (nSPS) is 10.7.